The molecular weight excluding hydrogens is 368 g/mol. The second-order valence-electron chi connectivity index (χ2n) is 5.75. The van der Waals surface area contributed by atoms with Crippen molar-refractivity contribution < 1.29 is 4.74 Å². The Balaban J connectivity index is 1.53. The molecule has 0 atom stereocenters. The Morgan fingerprint density at radius 2 is 2.00 bits per heavy atom. The van der Waals surface area contributed by atoms with E-state index in [0.29, 0.717) is 18.5 Å². The Labute approximate surface area is 149 Å². The van der Waals surface area contributed by atoms with Crippen LogP contribution in [0.5, 0.6) is 5.75 Å². The number of fused-ring (bicyclic) bond motifs is 1. The maximum absolute atomic E-state index is 12.4. The first-order valence-corrected chi connectivity index (χ1v) is 8.77. The molecule has 124 valence electrons. The van der Waals surface area contributed by atoms with E-state index in [1.54, 1.807) is 10.9 Å². The van der Waals surface area contributed by atoms with Gasteiger partial charge in [0, 0.05) is 6.54 Å². The minimum absolute atomic E-state index is 0.0165. The van der Waals surface area contributed by atoms with Gasteiger partial charge in [0.25, 0.3) is 5.56 Å². The third-order valence-electron chi connectivity index (χ3n) is 3.87. The summed E-state index contributed by atoms with van der Waals surface area (Å²) in [5.41, 5.74) is 1.95. The van der Waals surface area contributed by atoms with E-state index in [4.69, 9.17) is 4.74 Å². The topological polar surface area (TPSA) is 44.1 Å². The first-order valence-electron chi connectivity index (χ1n) is 7.98. The van der Waals surface area contributed by atoms with Crippen LogP contribution >= 0.6 is 15.9 Å². The molecule has 0 amide bonds. The monoisotopic (exact) mass is 386 g/mol. The van der Waals surface area contributed by atoms with Gasteiger partial charge in [0.05, 0.1) is 28.3 Å². The lowest BCUT2D eigenvalue weighted by Crippen LogP contribution is -2.20. The highest BCUT2D eigenvalue weighted by Crippen LogP contribution is 2.25. The lowest BCUT2D eigenvalue weighted by molar-refractivity contribution is 0.301. The van der Waals surface area contributed by atoms with Crippen molar-refractivity contribution in [3.8, 4) is 5.75 Å². The second-order valence-corrected chi connectivity index (χ2v) is 6.60. The molecule has 0 saturated carbocycles. The zero-order valence-corrected chi connectivity index (χ0v) is 15.1. The summed E-state index contributed by atoms with van der Waals surface area (Å²) >= 11 is 3.51. The molecule has 0 aliphatic rings. The summed E-state index contributed by atoms with van der Waals surface area (Å²) in [4.78, 5) is 16.7. The molecule has 0 bridgehead atoms. The molecule has 0 aliphatic heterocycles. The normalized spacial score (nSPS) is 10.9. The number of aryl methyl sites for hydroxylation is 2. The number of halogens is 1. The van der Waals surface area contributed by atoms with Crippen LogP contribution in [0.3, 0.4) is 0 Å². The number of hydrogen-bond acceptors (Lipinski definition) is 3. The van der Waals surface area contributed by atoms with E-state index >= 15 is 0 Å². The number of nitrogens with zero attached hydrogens (tertiary/aromatic N) is 2. The van der Waals surface area contributed by atoms with Crippen LogP contribution in [0, 0.1) is 6.92 Å². The molecule has 1 heterocycles. The number of aromatic nitrogens is 2. The molecule has 0 aliphatic carbocycles. The lowest BCUT2D eigenvalue weighted by atomic mass is 10.2. The summed E-state index contributed by atoms with van der Waals surface area (Å²) in [6, 6.07) is 13.5. The quantitative estimate of drug-likeness (QED) is 0.592. The number of hydrogen-bond donors (Lipinski definition) is 0. The lowest BCUT2D eigenvalue weighted by Gasteiger charge is -2.09. The third-order valence-corrected chi connectivity index (χ3v) is 4.49. The van der Waals surface area contributed by atoms with Gasteiger partial charge in [0.2, 0.25) is 0 Å². The van der Waals surface area contributed by atoms with Crippen molar-refractivity contribution in [2.45, 2.75) is 26.3 Å². The van der Waals surface area contributed by atoms with Gasteiger partial charge in [-0.3, -0.25) is 9.36 Å². The molecule has 0 unspecified atom stereocenters. The smallest absolute Gasteiger partial charge is 0.261 e. The molecule has 24 heavy (non-hydrogen) atoms. The van der Waals surface area contributed by atoms with Crippen molar-refractivity contribution >= 4 is 26.8 Å². The second kappa shape index (κ2) is 7.62. The molecule has 0 spiro atoms. The van der Waals surface area contributed by atoms with Crippen molar-refractivity contribution in [2.75, 3.05) is 6.61 Å². The Morgan fingerprint density at radius 3 is 2.83 bits per heavy atom. The Bertz CT molecular complexity index is 905. The number of unbranched alkanes of at least 4 members (excludes halogenated alkanes) is 1. The summed E-state index contributed by atoms with van der Waals surface area (Å²) in [5.74, 6) is 0.852. The Kier molecular flexibility index (Phi) is 5.30. The van der Waals surface area contributed by atoms with E-state index < -0.39 is 0 Å². The average molecular weight is 387 g/mol. The highest BCUT2D eigenvalue weighted by Gasteiger charge is 2.04. The number of para-hydroxylation sites is 1. The van der Waals surface area contributed by atoms with Gasteiger partial charge in [0.15, 0.2) is 0 Å². The van der Waals surface area contributed by atoms with Crippen LogP contribution < -0.4 is 10.3 Å². The molecule has 3 rings (SSSR count). The molecule has 3 aromatic rings. The molecular formula is C19H19BrN2O2. The predicted molar refractivity (Wildman–Crippen MR) is 99.6 cm³/mol. The van der Waals surface area contributed by atoms with Crippen LogP contribution in [-0.4, -0.2) is 16.2 Å². The largest absolute Gasteiger partial charge is 0.492 e. The summed E-state index contributed by atoms with van der Waals surface area (Å²) < 4.78 is 8.42. The molecule has 0 fully saturated rings. The average Bonchev–Trinajstić information content (AvgIpc) is 2.58. The fraction of sp³-hybridized carbons (Fsp3) is 0.263. The van der Waals surface area contributed by atoms with E-state index in [9.17, 15) is 4.79 Å². The number of benzene rings is 2. The van der Waals surface area contributed by atoms with Crippen LogP contribution in [-0.2, 0) is 6.54 Å². The maximum atomic E-state index is 12.4. The van der Waals surface area contributed by atoms with Crippen LogP contribution in [0.15, 0.2) is 58.1 Å². The maximum Gasteiger partial charge on any atom is 0.261 e. The summed E-state index contributed by atoms with van der Waals surface area (Å²) in [6.07, 6.45) is 3.37. The van der Waals surface area contributed by atoms with Crippen LogP contribution in [0.2, 0.25) is 0 Å². The van der Waals surface area contributed by atoms with Crippen LogP contribution in [0.1, 0.15) is 18.4 Å². The summed E-state index contributed by atoms with van der Waals surface area (Å²) in [7, 11) is 0. The summed E-state index contributed by atoms with van der Waals surface area (Å²) in [6.45, 7) is 3.32. The number of rotatable bonds is 6. The van der Waals surface area contributed by atoms with Crippen LogP contribution in [0.4, 0.5) is 0 Å². The Hall–Kier alpha value is -2.14. The van der Waals surface area contributed by atoms with Crippen molar-refractivity contribution in [3.63, 3.8) is 0 Å². The van der Waals surface area contributed by atoms with Gasteiger partial charge in [0.1, 0.15) is 5.75 Å². The fourth-order valence-corrected chi connectivity index (χ4v) is 3.16. The van der Waals surface area contributed by atoms with E-state index in [1.165, 1.54) is 5.56 Å². The first kappa shape index (κ1) is 16.7. The zero-order valence-electron chi connectivity index (χ0n) is 13.5. The van der Waals surface area contributed by atoms with Gasteiger partial charge in [-0.05, 0) is 65.5 Å². The molecule has 5 heteroatoms. The molecule has 1 aromatic heterocycles. The number of ether oxygens (including phenoxy) is 1. The minimum Gasteiger partial charge on any atom is -0.492 e. The van der Waals surface area contributed by atoms with Gasteiger partial charge in [-0.1, -0.05) is 18.2 Å². The van der Waals surface area contributed by atoms with Crippen molar-refractivity contribution in [3.05, 3.63) is 69.2 Å². The van der Waals surface area contributed by atoms with E-state index in [2.05, 4.69) is 20.9 Å². The SMILES string of the molecule is Cc1ccc(OCCCCn2cnc3ccccc3c2=O)c(Br)c1. The van der Waals surface area contributed by atoms with E-state index in [1.807, 2.05) is 49.4 Å². The van der Waals surface area contributed by atoms with E-state index in [0.717, 1.165) is 28.6 Å². The summed E-state index contributed by atoms with van der Waals surface area (Å²) in [5, 5.41) is 0.667. The molecule has 2 aromatic carbocycles. The van der Waals surface area contributed by atoms with Gasteiger partial charge in [-0.2, -0.15) is 0 Å². The van der Waals surface area contributed by atoms with Gasteiger partial charge in [-0.15, -0.1) is 0 Å². The first-order chi connectivity index (χ1) is 11.6. The van der Waals surface area contributed by atoms with E-state index in [-0.39, 0.29) is 5.56 Å². The highest BCUT2D eigenvalue weighted by molar-refractivity contribution is 9.10. The van der Waals surface area contributed by atoms with Crippen LogP contribution in [0.25, 0.3) is 10.9 Å². The van der Waals surface area contributed by atoms with Gasteiger partial charge >= 0.3 is 0 Å². The molecule has 0 radical (unpaired) electrons. The predicted octanol–water partition coefficient (Wildman–Crippen LogP) is 4.33. The van der Waals surface area contributed by atoms with Gasteiger partial charge < -0.3 is 4.74 Å². The van der Waals surface area contributed by atoms with Crippen molar-refractivity contribution in [2.24, 2.45) is 0 Å². The third kappa shape index (κ3) is 3.85. The standard InChI is InChI=1S/C19H19BrN2O2/c1-14-8-9-18(16(20)12-14)24-11-5-4-10-22-13-21-17-7-3-2-6-15(17)19(22)23/h2-3,6-9,12-13H,4-5,10-11H2,1H3. The molecule has 0 N–H and O–H groups in total. The molecule has 0 saturated heterocycles. The Morgan fingerprint density at radius 1 is 1.17 bits per heavy atom. The molecule has 4 nitrogen and oxygen atoms in total. The van der Waals surface area contributed by atoms with Gasteiger partial charge in [-0.25, -0.2) is 4.98 Å². The fourth-order valence-electron chi connectivity index (χ4n) is 2.55. The zero-order chi connectivity index (χ0) is 16.9. The minimum atomic E-state index is 0.0165. The highest BCUT2D eigenvalue weighted by atomic mass is 79.9. The van der Waals surface area contributed by atoms with Crippen molar-refractivity contribution in [1.82, 2.24) is 9.55 Å². The van der Waals surface area contributed by atoms with Crippen molar-refractivity contribution in [1.29, 1.82) is 0 Å².